The SMILES string of the molecule is C=C/C=C\c1cccc(-n2c(C)nc3c(N4CCN(C(=O)C=C)[C@@H](CC#N)C4)nc(OC[C@@H]4CCCN4C)nc3c2=O)c1CC. The fraction of sp³-hybridized carbons (Fsp3) is 0.412. The number of likely N-dealkylation sites (tertiary alicyclic amines) is 1. The Balaban J connectivity index is 1.65. The number of hydrogen-bond acceptors (Lipinski definition) is 9. The number of aromatic nitrogens is 4. The van der Waals surface area contributed by atoms with Gasteiger partial charge in [-0.05, 0) is 63.0 Å². The molecule has 0 aliphatic carbocycles. The number of nitrogens with zero attached hydrogens (tertiary/aromatic N) is 8. The number of likely N-dealkylation sites (N-methyl/N-ethyl adjacent to an activating group) is 1. The summed E-state index contributed by atoms with van der Waals surface area (Å²) in [6.07, 6.45) is 9.79. The van der Waals surface area contributed by atoms with Crippen molar-refractivity contribution in [1.29, 1.82) is 5.26 Å². The molecular weight excluding hydrogens is 568 g/mol. The number of anilines is 1. The van der Waals surface area contributed by atoms with Gasteiger partial charge in [0.15, 0.2) is 11.3 Å². The minimum atomic E-state index is -0.379. The van der Waals surface area contributed by atoms with Gasteiger partial charge in [-0.15, -0.1) is 0 Å². The predicted molar refractivity (Wildman–Crippen MR) is 176 cm³/mol. The van der Waals surface area contributed by atoms with Gasteiger partial charge in [-0.25, -0.2) is 4.98 Å². The number of carbonyl (C=O) groups excluding carboxylic acids is 1. The number of allylic oxidation sites excluding steroid dienone is 2. The lowest BCUT2D eigenvalue weighted by atomic mass is 10.0. The Morgan fingerprint density at radius 1 is 1.16 bits per heavy atom. The Kier molecular flexibility index (Phi) is 9.74. The summed E-state index contributed by atoms with van der Waals surface area (Å²) < 4.78 is 7.78. The maximum Gasteiger partial charge on any atom is 0.319 e. The Morgan fingerprint density at radius 3 is 2.67 bits per heavy atom. The van der Waals surface area contributed by atoms with Crippen LogP contribution in [0.4, 0.5) is 5.82 Å². The third-order valence-corrected chi connectivity index (χ3v) is 8.69. The average Bonchev–Trinajstić information content (AvgIpc) is 3.46. The zero-order chi connectivity index (χ0) is 32.1. The van der Waals surface area contributed by atoms with Crippen LogP contribution in [0, 0.1) is 18.3 Å². The van der Waals surface area contributed by atoms with E-state index in [1.807, 2.05) is 35.3 Å². The highest BCUT2D eigenvalue weighted by molar-refractivity contribution is 5.88. The number of amides is 1. The largest absolute Gasteiger partial charge is 0.462 e. The molecule has 2 atom stereocenters. The van der Waals surface area contributed by atoms with Crippen molar-refractivity contribution in [1.82, 2.24) is 29.3 Å². The van der Waals surface area contributed by atoms with Gasteiger partial charge in [-0.2, -0.15) is 15.2 Å². The number of carbonyl (C=O) groups is 1. The van der Waals surface area contributed by atoms with E-state index in [1.165, 1.54) is 6.08 Å². The van der Waals surface area contributed by atoms with Crippen molar-refractivity contribution in [2.45, 2.75) is 51.6 Å². The number of rotatable bonds is 10. The topological polar surface area (TPSA) is 120 Å². The molecule has 0 radical (unpaired) electrons. The molecule has 2 aromatic heterocycles. The van der Waals surface area contributed by atoms with E-state index in [1.54, 1.807) is 22.5 Å². The highest BCUT2D eigenvalue weighted by atomic mass is 16.5. The number of piperazine rings is 1. The van der Waals surface area contributed by atoms with Crippen LogP contribution in [-0.4, -0.2) is 87.1 Å². The smallest absolute Gasteiger partial charge is 0.319 e. The van der Waals surface area contributed by atoms with Crippen molar-refractivity contribution in [2.75, 3.05) is 44.7 Å². The van der Waals surface area contributed by atoms with Crippen LogP contribution in [0.3, 0.4) is 0 Å². The second-order valence-electron chi connectivity index (χ2n) is 11.4. The van der Waals surface area contributed by atoms with E-state index < -0.39 is 0 Å². The van der Waals surface area contributed by atoms with Gasteiger partial charge in [0.1, 0.15) is 17.9 Å². The lowest BCUT2D eigenvalue weighted by Gasteiger charge is -2.40. The summed E-state index contributed by atoms with van der Waals surface area (Å²) in [5.74, 6) is 0.724. The van der Waals surface area contributed by atoms with Crippen molar-refractivity contribution in [3.63, 3.8) is 0 Å². The van der Waals surface area contributed by atoms with Crippen LogP contribution in [0.2, 0.25) is 0 Å². The molecule has 0 saturated carbocycles. The van der Waals surface area contributed by atoms with E-state index in [4.69, 9.17) is 14.7 Å². The fourth-order valence-corrected chi connectivity index (χ4v) is 6.32. The number of benzene rings is 1. The van der Waals surface area contributed by atoms with Crippen LogP contribution in [0.1, 0.15) is 43.1 Å². The molecule has 3 aromatic rings. The van der Waals surface area contributed by atoms with Crippen molar-refractivity contribution < 1.29 is 9.53 Å². The third kappa shape index (κ3) is 6.37. The van der Waals surface area contributed by atoms with Gasteiger partial charge < -0.3 is 19.4 Å². The monoisotopic (exact) mass is 608 g/mol. The molecule has 0 unspecified atom stereocenters. The van der Waals surface area contributed by atoms with Crippen molar-refractivity contribution in [3.05, 3.63) is 76.9 Å². The van der Waals surface area contributed by atoms with Gasteiger partial charge >= 0.3 is 6.01 Å². The van der Waals surface area contributed by atoms with E-state index in [0.717, 1.165) is 36.2 Å². The van der Waals surface area contributed by atoms with Crippen LogP contribution in [0.15, 0.2) is 54.4 Å². The van der Waals surface area contributed by atoms with Crippen LogP contribution < -0.4 is 15.2 Å². The first kappa shape index (κ1) is 31.6. The zero-order valence-corrected chi connectivity index (χ0v) is 26.3. The maximum absolute atomic E-state index is 14.4. The molecule has 4 heterocycles. The van der Waals surface area contributed by atoms with E-state index in [-0.39, 0.29) is 41.5 Å². The molecule has 5 rings (SSSR count). The average molecular weight is 609 g/mol. The minimum Gasteiger partial charge on any atom is -0.462 e. The molecule has 1 aromatic carbocycles. The molecule has 0 spiro atoms. The van der Waals surface area contributed by atoms with Crippen LogP contribution in [-0.2, 0) is 11.2 Å². The Labute approximate surface area is 263 Å². The second kappa shape index (κ2) is 13.9. The normalized spacial score (nSPS) is 18.8. The lowest BCUT2D eigenvalue weighted by molar-refractivity contribution is -0.128. The van der Waals surface area contributed by atoms with Gasteiger partial charge in [0.2, 0.25) is 5.91 Å². The fourth-order valence-electron chi connectivity index (χ4n) is 6.32. The summed E-state index contributed by atoms with van der Waals surface area (Å²) in [5, 5.41) is 9.53. The molecule has 0 bridgehead atoms. The minimum absolute atomic E-state index is 0.104. The Hall–Kier alpha value is -4.82. The summed E-state index contributed by atoms with van der Waals surface area (Å²) in [4.78, 5) is 47.2. The van der Waals surface area contributed by atoms with Crippen LogP contribution in [0.5, 0.6) is 6.01 Å². The number of aryl methyl sites for hydroxylation is 1. The molecule has 0 N–H and O–H groups in total. The zero-order valence-electron chi connectivity index (χ0n) is 26.3. The first-order chi connectivity index (χ1) is 21.8. The molecule has 11 heteroatoms. The molecule has 11 nitrogen and oxygen atoms in total. The van der Waals surface area contributed by atoms with E-state index in [2.05, 4.69) is 43.1 Å². The highest BCUT2D eigenvalue weighted by Gasteiger charge is 2.32. The Bertz CT molecular complexity index is 1740. The molecule has 2 aliphatic rings. The summed E-state index contributed by atoms with van der Waals surface area (Å²) in [5.41, 5.74) is 2.91. The number of ether oxygens (including phenoxy) is 1. The number of fused-ring (bicyclic) bond motifs is 1. The summed E-state index contributed by atoms with van der Waals surface area (Å²) >= 11 is 0. The van der Waals surface area contributed by atoms with Gasteiger partial charge in [0.05, 0.1) is 24.2 Å². The highest BCUT2D eigenvalue weighted by Crippen LogP contribution is 2.29. The maximum atomic E-state index is 14.4. The van der Waals surface area contributed by atoms with E-state index >= 15 is 0 Å². The first-order valence-electron chi connectivity index (χ1n) is 15.4. The van der Waals surface area contributed by atoms with Crippen LogP contribution >= 0.6 is 0 Å². The van der Waals surface area contributed by atoms with E-state index in [9.17, 15) is 14.9 Å². The molecule has 2 saturated heterocycles. The summed E-state index contributed by atoms with van der Waals surface area (Å²) in [7, 11) is 2.07. The van der Waals surface area contributed by atoms with Crippen LogP contribution in [0.25, 0.3) is 22.8 Å². The number of nitriles is 1. The van der Waals surface area contributed by atoms with Gasteiger partial charge in [0.25, 0.3) is 5.56 Å². The molecule has 234 valence electrons. The summed E-state index contributed by atoms with van der Waals surface area (Å²) in [6, 6.07) is 8.01. The predicted octanol–water partition coefficient (Wildman–Crippen LogP) is 3.84. The van der Waals surface area contributed by atoms with Crippen molar-refractivity contribution >= 4 is 28.8 Å². The van der Waals surface area contributed by atoms with Crippen molar-refractivity contribution in [3.8, 4) is 17.8 Å². The third-order valence-electron chi connectivity index (χ3n) is 8.69. The molecule has 2 aliphatic heterocycles. The quantitative estimate of drug-likeness (QED) is 0.250. The Morgan fingerprint density at radius 2 is 1.98 bits per heavy atom. The molecule has 1 amide bonds. The van der Waals surface area contributed by atoms with E-state index in [0.29, 0.717) is 49.8 Å². The second-order valence-corrected chi connectivity index (χ2v) is 11.4. The molecule has 2 fully saturated rings. The van der Waals surface area contributed by atoms with Crippen molar-refractivity contribution in [2.24, 2.45) is 0 Å². The molecular formula is C34H40N8O3. The van der Waals surface area contributed by atoms with Gasteiger partial charge in [-0.1, -0.05) is 50.4 Å². The lowest BCUT2D eigenvalue weighted by Crippen LogP contribution is -2.55. The standard InChI is InChI=1S/C34H40N8O3/c1-6-9-12-24-13-10-15-28(27(24)7-2)42-23(4)36-30-31(33(42)44)37-34(45-22-26-14-11-18-39(26)5)38-32(30)40-19-20-41(29(43)8-3)25(21-40)16-17-35/h6,8-10,12-13,15,25-26H,1,3,7,11,14,16,18-22H2,2,4-5H3/b12-9-/t25-,26-/m0/s1. The molecule has 45 heavy (non-hydrogen) atoms. The number of hydrogen-bond donors (Lipinski definition) is 0. The summed E-state index contributed by atoms with van der Waals surface area (Å²) in [6.45, 7) is 13.8. The van der Waals surface area contributed by atoms with Gasteiger partial charge in [0, 0.05) is 25.7 Å². The first-order valence-corrected chi connectivity index (χ1v) is 15.4. The van der Waals surface area contributed by atoms with Gasteiger partial charge in [-0.3, -0.25) is 14.2 Å².